The van der Waals surface area contributed by atoms with Crippen molar-refractivity contribution in [2.75, 3.05) is 0 Å². The number of nitrogens with zero attached hydrogens (tertiary/aromatic N) is 3. The van der Waals surface area contributed by atoms with Crippen LogP contribution in [0.4, 0.5) is 0 Å². The smallest absolute Gasteiger partial charge is 0.164 e. The first kappa shape index (κ1) is 28.6. The Morgan fingerprint density at radius 3 is 1.41 bits per heavy atom. The summed E-state index contributed by atoms with van der Waals surface area (Å²) < 4.78 is 6.24. The minimum atomic E-state index is 0.598. The number of hydrogen-bond donors (Lipinski definition) is 0. The number of rotatable bonds is 6. The van der Waals surface area contributed by atoms with E-state index in [0.29, 0.717) is 17.5 Å². The van der Waals surface area contributed by atoms with Gasteiger partial charge < -0.3 is 4.42 Å². The molecule has 0 aliphatic heterocycles. The van der Waals surface area contributed by atoms with Crippen LogP contribution in [-0.4, -0.2) is 15.0 Å². The van der Waals surface area contributed by atoms with Crippen molar-refractivity contribution in [2.24, 2.45) is 0 Å². The summed E-state index contributed by atoms with van der Waals surface area (Å²) in [7, 11) is 0. The van der Waals surface area contributed by atoms with Crippen LogP contribution < -0.4 is 0 Å². The van der Waals surface area contributed by atoms with Crippen molar-refractivity contribution in [3.63, 3.8) is 0 Å². The van der Waals surface area contributed by atoms with Crippen molar-refractivity contribution < 1.29 is 4.42 Å². The second-order valence-corrected chi connectivity index (χ2v) is 12.0. The zero-order valence-corrected chi connectivity index (χ0v) is 26.5. The number of furan rings is 1. The summed E-state index contributed by atoms with van der Waals surface area (Å²) in [6.45, 7) is 0. The Kier molecular flexibility index (Phi) is 7.10. The molecule has 0 atom stereocenters. The standard InChI is InChI=1S/C45H29N3O/c1-3-12-30(13-4-1)31-22-24-32(25-23-31)33-26-28-35(29-27-33)43-46-44(37-17-8-7-16-36(37)34-14-5-2-6-15-34)48-45(47-43)39-19-11-21-41-42(39)38-18-9-10-20-40(38)49-41/h1-29H. The van der Waals surface area contributed by atoms with Gasteiger partial charge in [-0.2, -0.15) is 0 Å². The van der Waals surface area contributed by atoms with Gasteiger partial charge in [0.25, 0.3) is 0 Å². The summed E-state index contributed by atoms with van der Waals surface area (Å²) in [4.78, 5) is 15.4. The fourth-order valence-corrected chi connectivity index (χ4v) is 6.55. The topological polar surface area (TPSA) is 51.8 Å². The lowest BCUT2D eigenvalue weighted by atomic mass is 9.98. The van der Waals surface area contributed by atoms with Gasteiger partial charge in [-0.15, -0.1) is 0 Å². The summed E-state index contributed by atoms with van der Waals surface area (Å²) in [5.74, 6) is 1.82. The minimum absolute atomic E-state index is 0.598. The fraction of sp³-hybridized carbons (Fsp3) is 0. The van der Waals surface area contributed by atoms with Crippen LogP contribution >= 0.6 is 0 Å². The first-order valence-electron chi connectivity index (χ1n) is 16.4. The van der Waals surface area contributed by atoms with Gasteiger partial charge in [0.05, 0.1) is 0 Å². The van der Waals surface area contributed by atoms with Crippen LogP contribution in [0.1, 0.15) is 0 Å². The van der Waals surface area contributed by atoms with Crippen LogP contribution in [-0.2, 0) is 0 Å². The Hall–Kier alpha value is -6.65. The van der Waals surface area contributed by atoms with Crippen molar-refractivity contribution in [1.29, 1.82) is 0 Å². The van der Waals surface area contributed by atoms with Gasteiger partial charge >= 0.3 is 0 Å². The molecule has 4 heteroatoms. The van der Waals surface area contributed by atoms with E-state index in [-0.39, 0.29) is 0 Å². The molecule has 0 N–H and O–H groups in total. The van der Waals surface area contributed by atoms with Gasteiger partial charge in [-0.1, -0.05) is 164 Å². The highest BCUT2D eigenvalue weighted by molar-refractivity contribution is 6.11. The number of benzene rings is 7. The fourth-order valence-electron chi connectivity index (χ4n) is 6.55. The molecule has 49 heavy (non-hydrogen) atoms. The quantitative estimate of drug-likeness (QED) is 0.184. The molecule has 4 nitrogen and oxygen atoms in total. The summed E-state index contributed by atoms with van der Waals surface area (Å²) in [5, 5.41) is 2.02. The van der Waals surface area contributed by atoms with Crippen LogP contribution in [0.5, 0.6) is 0 Å². The first-order chi connectivity index (χ1) is 24.3. The molecule has 0 spiro atoms. The maximum absolute atomic E-state index is 6.24. The molecule has 9 rings (SSSR count). The van der Waals surface area contributed by atoms with Crippen molar-refractivity contribution in [3.05, 3.63) is 176 Å². The van der Waals surface area contributed by atoms with Crippen LogP contribution in [0.25, 0.3) is 89.5 Å². The Morgan fingerprint density at radius 1 is 0.286 bits per heavy atom. The van der Waals surface area contributed by atoms with E-state index < -0.39 is 0 Å². The Bertz CT molecular complexity index is 2570. The maximum atomic E-state index is 6.24. The lowest BCUT2D eigenvalue weighted by Gasteiger charge is -2.12. The van der Waals surface area contributed by atoms with Crippen molar-refractivity contribution in [3.8, 4) is 67.5 Å². The molecule has 7 aromatic carbocycles. The molecule has 9 aromatic rings. The predicted molar refractivity (Wildman–Crippen MR) is 200 cm³/mol. The lowest BCUT2D eigenvalue weighted by molar-refractivity contribution is 0.669. The first-order valence-corrected chi connectivity index (χ1v) is 16.4. The minimum Gasteiger partial charge on any atom is -0.456 e. The third-order valence-electron chi connectivity index (χ3n) is 9.00. The van der Waals surface area contributed by atoms with Crippen molar-refractivity contribution >= 4 is 21.9 Å². The molecule has 0 fully saturated rings. The summed E-state index contributed by atoms with van der Waals surface area (Å²) >= 11 is 0. The van der Waals surface area contributed by atoms with E-state index in [1.54, 1.807) is 0 Å². The van der Waals surface area contributed by atoms with Gasteiger partial charge in [-0.3, -0.25) is 0 Å². The molecular weight excluding hydrogens is 599 g/mol. The van der Waals surface area contributed by atoms with Gasteiger partial charge in [-0.05, 0) is 45.5 Å². The average Bonchev–Trinajstić information content (AvgIpc) is 3.58. The molecule has 0 unspecified atom stereocenters. The SMILES string of the molecule is c1ccc(-c2ccc(-c3ccc(-c4nc(-c5ccccc5-c5ccccc5)nc(-c5cccc6oc7ccccc7c56)n4)cc3)cc2)cc1. The molecule has 230 valence electrons. The zero-order valence-electron chi connectivity index (χ0n) is 26.5. The third kappa shape index (κ3) is 5.35. The predicted octanol–water partition coefficient (Wildman–Crippen LogP) is 11.8. The number of fused-ring (bicyclic) bond motifs is 3. The van der Waals surface area contributed by atoms with Crippen molar-refractivity contribution in [1.82, 2.24) is 15.0 Å². The Morgan fingerprint density at radius 2 is 0.735 bits per heavy atom. The summed E-state index contributed by atoms with van der Waals surface area (Å²) in [6, 6.07) is 60.4. The van der Waals surface area contributed by atoms with E-state index in [1.165, 1.54) is 11.1 Å². The lowest BCUT2D eigenvalue weighted by Crippen LogP contribution is -2.01. The van der Waals surface area contributed by atoms with Crippen LogP contribution in [0.15, 0.2) is 180 Å². The van der Waals surface area contributed by atoms with E-state index in [1.807, 2.05) is 48.5 Å². The molecule has 0 saturated carbocycles. The summed E-state index contributed by atoms with van der Waals surface area (Å²) in [6.07, 6.45) is 0. The molecule has 0 saturated heterocycles. The van der Waals surface area contributed by atoms with E-state index in [4.69, 9.17) is 19.4 Å². The average molecular weight is 628 g/mol. The van der Waals surface area contributed by atoms with Crippen LogP contribution in [0.3, 0.4) is 0 Å². The molecule has 0 radical (unpaired) electrons. The summed E-state index contributed by atoms with van der Waals surface area (Å²) in [5.41, 5.74) is 11.2. The second-order valence-electron chi connectivity index (χ2n) is 12.0. The number of hydrogen-bond acceptors (Lipinski definition) is 4. The van der Waals surface area contributed by atoms with E-state index in [0.717, 1.165) is 60.9 Å². The van der Waals surface area contributed by atoms with Gasteiger partial charge in [-0.25, -0.2) is 15.0 Å². The molecule has 0 aliphatic carbocycles. The zero-order chi connectivity index (χ0) is 32.6. The highest BCUT2D eigenvalue weighted by atomic mass is 16.3. The van der Waals surface area contributed by atoms with E-state index >= 15 is 0 Å². The largest absolute Gasteiger partial charge is 0.456 e. The molecule has 0 amide bonds. The Balaban J connectivity index is 1.18. The molecule has 2 aromatic heterocycles. The highest BCUT2D eigenvalue weighted by Crippen LogP contribution is 2.38. The van der Waals surface area contributed by atoms with Gasteiger partial charge in [0.15, 0.2) is 17.5 Å². The number of aromatic nitrogens is 3. The molecule has 0 aliphatic rings. The third-order valence-corrected chi connectivity index (χ3v) is 9.00. The Labute approximate surface area is 284 Å². The van der Waals surface area contributed by atoms with Gasteiger partial charge in [0.2, 0.25) is 0 Å². The molecule has 2 heterocycles. The monoisotopic (exact) mass is 627 g/mol. The van der Waals surface area contributed by atoms with Crippen molar-refractivity contribution in [2.45, 2.75) is 0 Å². The van der Waals surface area contributed by atoms with E-state index in [2.05, 4.69) is 127 Å². The van der Waals surface area contributed by atoms with Gasteiger partial charge in [0, 0.05) is 27.5 Å². The maximum Gasteiger partial charge on any atom is 0.164 e. The normalized spacial score (nSPS) is 11.3. The molecular formula is C45H29N3O. The highest BCUT2D eigenvalue weighted by Gasteiger charge is 2.19. The van der Waals surface area contributed by atoms with Crippen LogP contribution in [0, 0.1) is 0 Å². The second kappa shape index (κ2) is 12.2. The van der Waals surface area contributed by atoms with E-state index in [9.17, 15) is 0 Å². The van der Waals surface area contributed by atoms with Gasteiger partial charge in [0.1, 0.15) is 11.2 Å². The number of para-hydroxylation sites is 1. The van der Waals surface area contributed by atoms with Crippen LogP contribution in [0.2, 0.25) is 0 Å². The molecule has 0 bridgehead atoms.